The first-order chi connectivity index (χ1) is 8.43. The molecule has 0 saturated heterocycles. The fourth-order valence-electron chi connectivity index (χ4n) is 1.63. The third-order valence-corrected chi connectivity index (χ3v) is 2.78. The lowest BCUT2D eigenvalue weighted by Gasteiger charge is -2.16. The predicted molar refractivity (Wildman–Crippen MR) is 72.5 cm³/mol. The lowest BCUT2D eigenvalue weighted by molar-refractivity contribution is -0.133. The minimum absolute atomic E-state index is 0.0360. The quantitative estimate of drug-likeness (QED) is 0.887. The van der Waals surface area contributed by atoms with Gasteiger partial charge in [-0.25, -0.2) is 0 Å². The smallest absolute Gasteiger partial charge is 0.243 e. The SMILES string of the molecule is CCC(=O)N(C)CC(=O)Nc1cc(C)ccc1C. The van der Waals surface area contributed by atoms with E-state index in [-0.39, 0.29) is 18.4 Å². The summed E-state index contributed by atoms with van der Waals surface area (Å²) in [5, 5.41) is 2.83. The van der Waals surface area contributed by atoms with E-state index in [9.17, 15) is 9.59 Å². The number of carbonyl (C=O) groups excluding carboxylic acids is 2. The Balaban J connectivity index is 2.65. The van der Waals surface area contributed by atoms with Crippen LogP contribution >= 0.6 is 0 Å². The highest BCUT2D eigenvalue weighted by atomic mass is 16.2. The first kappa shape index (κ1) is 14.2. The molecule has 0 aliphatic rings. The normalized spacial score (nSPS) is 10.0. The molecule has 0 unspecified atom stereocenters. The molecule has 0 spiro atoms. The second kappa shape index (κ2) is 6.19. The Bertz CT molecular complexity index is 455. The molecular weight excluding hydrogens is 228 g/mol. The van der Waals surface area contributed by atoms with E-state index in [1.165, 1.54) is 4.90 Å². The van der Waals surface area contributed by atoms with Crippen LogP contribution < -0.4 is 5.32 Å². The zero-order chi connectivity index (χ0) is 13.7. The number of benzene rings is 1. The van der Waals surface area contributed by atoms with Gasteiger partial charge in [-0.05, 0) is 31.0 Å². The fourth-order valence-corrected chi connectivity index (χ4v) is 1.63. The molecule has 4 heteroatoms. The van der Waals surface area contributed by atoms with Crippen LogP contribution in [0.5, 0.6) is 0 Å². The van der Waals surface area contributed by atoms with Crippen molar-refractivity contribution in [3.8, 4) is 0 Å². The minimum atomic E-state index is -0.173. The van der Waals surface area contributed by atoms with Crippen molar-refractivity contribution >= 4 is 17.5 Å². The van der Waals surface area contributed by atoms with E-state index < -0.39 is 0 Å². The maximum Gasteiger partial charge on any atom is 0.243 e. The maximum atomic E-state index is 11.8. The number of hydrogen-bond acceptors (Lipinski definition) is 2. The number of hydrogen-bond donors (Lipinski definition) is 1. The van der Waals surface area contributed by atoms with Crippen LogP contribution in [0.15, 0.2) is 18.2 Å². The van der Waals surface area contributed by atoms with Crippen LogP contribution in [0.2, 0.25) is 0 Å². The summed E-state index contributed by atoms with van der Waals surface area (Å²) < 4.78 is 0. The third kappa shape index (κ3) is 3.87. The van der Waals surface area contributed by atoms with Gasteiger partial charge in [-0.3, -0.25) is 9.59 Å². The molecule has 0 saturated carbocycles. The zero-order valence-corrected chi connectivity index (χ0v) is 11.4. The summed E-state index contributed by atoms with van der Waals surface area (Å²) in [4.78, 5) is 24.6. The summed E-state index contributed by atoms with van der Waals surface area (Å²) in [5.41, 5.74) is 2.91. The van der Waals surface area contributed by atoms with Gasteiger partial charge >= 0.3 is 0 Å². The van der Waals surface area contributed by atoms with Gasteiger partial charge in [0.2, 0.25) is 11.8 Å². The number of nitrogens with zero attached hydrogens (tertiary/aromatic N) is 1. The molecule has 0 heterocycles. The molecule has 1 rings (SSSR count). The number of anilines is 1. The van der Waals surface area contributed by atoms with E-state index in [1.807, 2.05) is 32.0 Å². The fraction of sp³-hybridized carbons (Fsp3) is 0.429. The average molecular weight is 248 g/mol. The standard InChI is InChI=1S/C14H20N2O2/c1-5-14(18)16(4)9-13(17)15-12-8-10(2)6-7-11(12)3/h6-8H,5,9H2,1-4H3,(H,15,17). The van der Waals surface area contributed by atoms with Gasteiger partial charge in [0.15, 0.2) is 0 Å². The predicted octanol–water partition coefficient (Wildman–Crippen LogP) is 2.11. The van der Waals surface area contributed by atoms with E-state index in [1.54, 1.807) is 14.0 Å². The lowest BCUT2D eigenvalue weighted by atomic mass is 10.1. The number of nitrogens with one attached hydrogen (secondary N) is 1. The second-order valence-electron chi connectivity index (χ2n) is 4.47. The number of aryl methyl sites for hydroxylation is 2. The van der Waals surface area contributed by atoms with Gasteiger partial charge in [-0.2, -0.15) is 0 Å². The van der Waals surface area contributed by atoms with Gasteiger partial charge in [0, 0.05) is 19.2 Å². The Morgan fingerprint density at radius 1 is 1.28 bits per heavy atom. The van der Waals surface area contributed by atoms with Crippen LogP contribution in [-0.2, 0) is 9.59 Å². The number of rotatable bonds is 4. The van der Waals surface area contributed by atoms with Crippen molar-refractivity contribution in [1.82, 2.24) is 4.90 Å². The maximum absolute atomic E-state index is 11.8. The summed E-state index contributed by atoms with van der Waals surface area (Å²) >= 11 is 0. The first-order valence-corrected chi connectivity index (χ1v) is 6.05. The summed E-state index contributed by atoms with van der Waals surface area (Å²) in [6, 6.07) is 5.89. The lowest BCUT2D eigenvalue weighted by Crippen LogP contribution is -2.34. The first-order valence-electron chi connectivity index (χ1n) is 6.05. The zero-order valence-electron chi connectivity index (χ0n) is 11.4. The van der Waals surface area contributed by atoms with Crippen molar-refractivity contribution in [2.45, 2.75) is 27.2 Å². The van der Waals surface area contributed by atoms with E-state index in [2.05, 4.69) is 5.32 Å². The van der Waals surface area contributed by atoms with Crippen LogP contribution in [0.25, 0.3) is 0 Å². The molecule has 1 aromatic carbocycles. The molecule has 1 N–H and O–H groups in total. The average Bonchev–Trinajstić information content (AvgIpc) is 2.32. The number of likely N-dealkylation sites (N-methyl/N-ethyl adjacent to an activating group) is 1. The molecule has 0 radical (unpaired) electrons. The van der Waals surface area contributed by atoms with Crippen molar-refractivity contribution in [3.05, 3.63) is 29.3 Å². The molecule has 0 aliphatic carbocycles. The Morgan fingerprint density at radius 2 is 1.94 bits per heavy atom. The van der Waals surface area contributed by atoms with Gasteiger partial charge in [-0.15, -0.1) is 0 Å². The van der Waals surface area contributed by atoms with Gasteiger partial charge in [0.05, 0.1) is 6.54 Å². The highest BCUT2D eigenvalue weighted by molar-refractivity contribution is 5.95. The van der Waals surface area contributed by atoms with Gasteiger partial charge < -0.3 is 10.2 Å². The topological polar surface area (TPSA) is 49.4 Å². The number of carbonyl (C=O) groups is 2. The Hall–Kier alpha value is -1.84. The van der Waals surface area contributed by atoms with Crippen LogP contribution in [-0.4, -0.2) is 30.3 Å². The molecule has 4 nitrogen and oxygen atoms in total. The van der Waals surface area contributed by atoms with Crippen molar-refractivity contribution in [1.29, 1.82) is 0 Å². The Labute approximate surface area is 108 Å². The molecule has 98 valence electrons. The van der Waals surface area contributed by atoms with Gasteiger partial charge in [0.1, 0.15) is 0 Å². The van der Waals surface area contributed by atoms with Crippen LogP contribution in [0, 0.1) is 13.8 Å². The molecular formula is C14H20N2O2. The largest absolute Gasteiger partial charge is 0.336 e. The van der Waals surface area contributed by atoms with E-state index in [0.717, 1.165) is 16.8 Å². The van der Waals surface area contributed by atoms with Gasteiger partial charge in [-0.1, -0.05) is 19.1 Å². The third-order valence-electron chi connectivity index (χ3n) is 2.78. The van der Waals surface area contributed by atoms with E-state index in [4.69, 9.17) is 0 Å². The van der Waals surface area contributed by atoms with Gasteiger partial charge in [0.25, 0.3) is 0 Å². The van der Waals surface area contributed by atoms with Crippen molar-refractivity contribution in [3.63, 3.8) is 0 Å². The van der Waals surface area contributed by atoms with E-state index >= 15 is 0 Å². The highest BCUT2D eigenvalue weighted by Gasteiger charge is 2.11. The monoisotopic (exact) mass is 248 g/mol. The molecule has 0 fully saturated rings. The molecule has 0 bridgehead atoms. The van der Waals surface area contributed by atoms with Crippen molar-refractivity contribution in [2.75, 3.05) is 18.9 Å². The van der Waals surface area contributed by atoms with Crippen molar-refractivity contribution < 1.29 is 9.59 Å². The summed E-state index contributed by atoms with van der Waals surface area (Å²) in [7, 11) is 1.63. The molecule has 1 aromatic rings. The second-order valence-corrected chi connectivity index (χ2v) is 4.47. The number of amides is 2. The molecule has 0 aromatic heterocycles. The Morgan fingerprint density at radius 3 is 2.56 bits per heavy atom. The molecule has 2 amide bonds. The Kier molecular flexibility index (Phi) is 4.89. The van der Waals surface area contributed by atoms with Crippen LogP contribution in [0.3, 0.4) is 0 Å². The summed E-state index contributed by atoms with van der Waals surface area (Å²) in [5.74, 6) is -0.209. The summed E-state index contributed by atoms with van der Waals surface area (Å²) in [6.45, 7) is 5.78. The molecule has 0 atom stereocenters. The van der Waals surface area contributed by atoms with Crippen LogP contribution in [0.1, 0.15) is 24.5 Å². The van der Waals surface area contributed by atoms with Crippen LogP contribution in [0.4, 0.5) is 5.69 Å². The van der Waals surface area contributed by atoms with Crippen molar-refractivity contribution in [2.24, 2.45) is 0 Å². The molecule has 18 heavy (non-hydrogen) atoms. The summed E-state index contributed by atoms with van der Waals surface area (Å²) in [6.07, 6.45) is 0.410. The van der Waals surface area contributed by atoms with E-state index in [0.29, 0.717) is 6.42 Å². The minimum Gasteiger partial charge on any atom is -0.336 e. The highest BCUT2D eigenvalue weighted by Crippen LogP contribution is 2.16. The molecule has 0 aliphatic heterocycles.